The monoisotopic (exact) mass is 382 g/mol. The highest BCUT2D eigenvalue weighted by atomic mass is 16.5. The first-order chi connectivity index (χ1) is 13.4. The average molecular weight is 382 g/mol. The molecule has 1 atom stereocenters. The third-order valence-corrected chi connectivity index (χ3v) is 4.87. The summed E-state index contributed by atoms with van der Waals surface area (Å²) in [5.74, 6) is -0.0137. The van der Waals surface area contributed by atoms with Crippen molar-refractivity contribution in [3.63, 3.8) is 0 Å². The molecule has 2 heterocycles. The van der Waals surface area contributed by atoms with Gasteiger partial charge in [-0.15, -0.1) is 0 Å². The molecule has 0 radical (unpaired) electrons. The number of nitrogens with zero attached hydrogens (tertiary/aromatic N) is 4. The molecule has 0 aliphatic rings. The molecule has 0 spiro atoms. The van der Waals surface area contributed by atoms with Gasteiger partial charge < -0.3 is 14.2 Å². The molecule has 2 aromatic heterocycles. The van der Waals surface area contributed by atoms with Crippen LogP contribution < -0.4 is 0 Å². The Kier molecular flexibility index (Phi) is 5.94. The molecule has 3 aromatic rings. The number of aromatic nitrogens is 3. The van der Waals surface area contributed by atoms with Crippen LogP contribution in [0.2, 0.25) is 0 Å². The summed E-state index contributed by atoms with van der Waals surface area (Å²) in [7, 11) is 3.49. The highest BCUT2D eigenvalue weighted by Gasteiger charge is 2.26. The van der Waals surface area contributed by atoms with Crippen molar-refractivity contribution in [2.24, 2.45) is 7.05 Å². The smallest absolute Gasteiger partial charge is 0.293 e. The molecule has 1 aromatic carbocycles. The summed E-state index contributed by atoms with van der Waals surface area (Å²) in [6, 6.07) is 9.67. The lowest BCUT2D eigenvalue weighted by Gasteiger charge is -2.28. The fourth-order valence-electron chi connectivity index (χ4n) is 3.16. The predicted molar refractivity (Wildman–Crippen MR) is 106 cm³/mol. The Morgan fingerprint density at radius 3 is 2.75 bits per heavy atom. The molecule has 0 aliphatic heterocycles. The summed E-state index contributed by atoms with van der Waals surface area (Å²) in [5.41, 5.74) is 4.61. The highest BCUT2D eigenvalue weighted by Crippen LogP contribution is 2.24. The van der Waals surface area contributed by atoms with Gasteiger partial charge in [0.25, 0.3) is 5.91 Å². The Hall–Kier alpha value is -2.93. The van der Waals surface area contributed by atoms with E-state index in [9.17, 15) is 4.79 Å². The van der Waals surface area contributed by atoms with Gasteiger partial charge in [0.15, 0.2) is 0 Å². The van der Waals surface area contributed by atoms with E-state index in [4.69, 9.17) is 9.26 Å². The van der Waals surface area contributed by atoms with Crippen LogP contribution >= 0.6 is 0 Å². The largest absolute Gasteiger partial charge is 0.383 e. The number of methoxy groups -OCH3 is 1. The van der Waals surface area contributed by atoms with E-state index in [1.807, 2.05) is 46.0 Å². The maximum absolute atomic E-state index is 13.2. The number of hydrogen-bond donors (Lipinski definition) is 0. The third kappa shape index (κ3) is 4.14. The van der Waals surface area contributed by atoms with Gasteiger partial charge >= 0.3 is 0 Å². The van der Waals surface area contributed by atoms with Gasteiger partial charge in [-0.25, -0.2) is 0 Å². The second-order valence-corrected chi connectivity index (χ2v) is 7.07. The number of carbonyl (C=O) groups is 1. The van der Waals surface area contributed by atoms with E-state index in [0.29, 0.717) is 18.8 Å². The molecule has 0 fully saturated rings. The van der Waals surface area contributed by atoms with E-state index >= 15 is 0 Å². The van der Waals surface area contributed by atoms with Gasteiger partial charge in [-0.1, -0.05) is 35.0 Å². The zero-order valence-electron chi connectivity index (χ0n) is 17.0. The maximum atomic E-state index is 13.2. The summed E-state index contributed by atoms with van der Waals surface area (Å²) < 4.78 is 12.4. The minimum absolute atomic E-state index is 0.119. The molecule has 0 saturated carbocycles. The molecule has 3 rings (SSSR count). The van der Waals surface area contributed by atoms with Crippen molar-refractivity contribution in [3.8, 4) is 11.3 Å². The summed E-state index contributed by atoms with van der Waals surface area (Å²) in [4.78, 5) is 14.9. The zero-order chi connectivity index (χ0) is 20.3. The third-order valence-electron chi connectivity index (χ3n) is 4.87. The highest BCUT2D eigenvalue weighted by molar-refractivity contribution is 5.92. The summed E-state index contributed by atoms with van der Waals surface area (Å²) >= 11 is 0. The summed E-state index contributed by atoms with van der Waals surface area (Å²) in [6.45, 7) is 6.84. The normalized spacial score (nSPS) is 12.2. The fourth-order valence-corrected chi connectivity index (χ4v) is 3.16. The standard InChI is InChI=1S/C21H26N4O3/c1-14-7-6-8-17(9-14)12-25(15(2)13-27-5)21(26)20-10-19(23-28-20)18-11-22-24(4)16(18)3/h6-11,15H,12-13H2,1-5H3. The number of carbonyl (C=O) groups excluding carboxylic acids is 1. The van der Waals surface area contributed by atoms with Crippen molar-refractivity contribution in [1.82, 2.24) is 19.8 Å². The summed E-state index contributed by atoms with van der Waals surface area (Å²) in [6.07, 6.45) is 1.72. The molecular formula is C21H26N4O3. The summed E-state index contributed by atoms with van der Waals surface area (Å²) in [5, 5.41) is 8.31. The number of aryl methyl sites for hydroxylation is 2. The Morgan fingerprint density at radius 1 is 1.32 bits per heavy atom. The Balaban J connectivity index is 1.87. The lowest BCUT2D eigenvalue weighted by atomic mass is 10.1. The van der Waals surface area contributed by atoms with Gasteiger partial charge in [0.1, 0.15) is 5.69 Å². The van der Waals surface area contributed by atoms with Crippen LogP contribution in [-0.2, 0) is 18.3 Å². The first-order valence-corrected chi connectivity index (χ1v) is 9.21. The van der Waals surface area contributed by atoms with Crippen molar-refractivity contribution < 1.29 is 14.1 Å². The minimum atomic E-state index is -0.216. The SMILES string of the molecule is COCC(C)N(Cc1cccc(C)c1)C(=O)c1cc(-c2cnn(C)c2C)no1. The molecule has 148 valence electrons. The molecule has 0 aliphatic carbocycles. The quantitative estimate of drug-likeness (QED) is 0.626. The average Bonchev–Trinajstić information content (AvgIpc) is 3.27. The predicted octanol–water partition coefficient (Wildman–Crippen LogP) is 3.37. The second kappa shape index (κ2) is 8.39. The van der Waals surface area contributed by atoms with Gasteiger partial charge in [0, 0.05) is 38.0 Å². The van der Waals surface area contributed by atoms with E-state index in [1.165, 1.54) is 0 Å². The van der Waals surface area contributed by atoms with Gasteiger partial charge in [-0.3, -0.25) is 9.48 Å². The van der Waals surface area contributed by atoms with E-state index in [2.05, 4.69) is 16.3 Å². The van der Waals surface area contributed by atoms with Crippen molar-refractivity contribution in [1.29, 1.82) is 0 Å². The first kappa shape index (κ1) is 19.8. The fraction of sp³-hybridized carbons (Fsp3) is 0.381. The molecule has 1 unspecified atom stereocenters. The Bertz CT molecular complexity index is 960. The topological polar surface area (TPSA) is 73.4 Å². The number of rotatable bonds is 7. The lowest BCUT2D eigenvalue weighted by molar-refractivity contribution is 0.0504. The van der Waals surface area contributed by atoms with Gasteiger partial charge in [0.2, 0.25) is 5.76 Å². The molecule has 7 heteroatoms. The van der Waals surface area contributed by atoms with Crippen molar-refractivity contribution >= 4 is 5.91 Å². The Morgan fingerprint density at radius 2 is 2.11 bits per heavy atom. The van der Waals surface area contributed by atoms with Crippen molar-refractivity contribution in [3.05, 3.63) is 59.1 Å². The molecule has 7 nitrogen and oxygen atoms in total. The van der Waals surface area contributed by atoms with Crippen molar-refractivity contribution in [2.45, 2.75) is 33.4 Å². The molecule has 0 bridgehead atoms. The van der Waals surface area contributed by atoms with Crippen molar-refractivity contribution in [2.75, 3.05) is 13.7 Å². The van der Waals surface area contributed by atoms with Crippen LogP contribution in [0, 0.1) is 13.8 Å². The molecule has 28 heavy (non-hydrogen) atoms. The van der Waals surface area contributed by atoms with Crippen LogP contribution in [0.4, 0.5) is 0 Å². The van der Waals surface area contributed by atoms with Crippen LogP contribution in [0.3, 0.4) is 0 Å². The number of benzene rings is 1. The second-order valence-electron chi connectivity index (χ2n) is 7.07. The minimum Gasteiger partial charge on any atom is -0.383 e. The van der Waals surface area contributed by atoms with E-state index in [-0.39, 0.29) is 17.7 Å². The van der Waals surface area contributed by atoms with Gasteiger partial charge in [-0.05, 0) is 26.3 Å². The van der Waals surface area contributed by atoms with E-state index in [1.54, 1.807) is 29.0 Å². The number of ether oxygens (including phenoxy) is 1. The van der Waals surface area contributed by atoms with Crippen LogP contribution in [-0.4, -0.2) is 45.5 Å². The van der Waals surface area contributed by atoms with Gasteiger partial charge in [0.05, 0.1) is 18.8 Å². The number of hydrogen-bond acceptors (Lipinski definition) is 5. The molecule has 0 saturated heterocycles. The first-order valence-electron chi connectivity index (χ1n) is 9.21. The molecule has 0 N–H and O–H groups in total. The molecular weight excluding hydrogens is 356 g/mol. The van der Waals surface area contributed by atoms with Crippen LogP contribution in [0.5, 0.6) is 0 Å². The van der Waals surface area contributed by atoms with E-state index < -0.39 is 0 Å². The number of amides is 1. The molecule has 1 amide bonds. The van der Waals surface area contributed by atoms with Crippen LogP contribution in [0.15, 0.2) is 41.1 Å². The Labute approximate surface area is 164 Å². The maximum Gasteiger partial charge on any atom is 0.293 e. The zero-order valence-corrected chi connectivity index (χ0v) is 17.0. The van der Waals surface area contributed by atoms with Gasteiger partial charge in [-0.2, -0.15) is 5.10 Å². The lowest BCUT2D eigenvalue weighted by Crippen LogP contribution is -2.40. The van der Waals surface area contributed by atoms with Crippen LogP contribution in [0.25, 0.3) is 11.3 Å². The van der Waals surface area contributed by atoms with E-state index in [0.717, 1.165) is 22.4 Å². The van der Waals surface area contributed by atoms with Crippen LogP contribution in [0.1, 0.15) is 34.3 Å².